The van der Waals surface area contributed by atoms with Crippen molar-refractivity contribution in [1.29, 1.82) is 0 Å². The molecule has 5 nitrogen and oxygen atoms in total. The van der Waals surface area contributed by atoms with Crippen LogP contribution in [0, 0.1) is 17.8 Å². The first-order valence-corrected chi connectivity index (χ1v) is 11.4. The number of rotatable bonds is 6. The third-order valence-corrected chi connectivity index (χ3v) is 6.92. The number of imidazole rings is 1. The Morgan fingerprint density at radius 3 is 2.70 bits per heavy atom. The lowest BCUT2D eigenvalue weighted by Crippen LogP contribution is -2.43. The van der Waals surface area contributed by atoms with Gasteiger partial charge >= 0.3 is 5.97 Å². The Bertz CT molecular complexity index is 885. The quantitative estimate of drug-likeness (QED) is 0.523. The monoisotopic (exact) mass is 411 g/mol. The van der Waals surface area contributed by atoms with Gasteiger partial charge in [0.1, 0.15) is 18.1 Å². The molecule has 1 fully saturated rings. The van der Waals surface area contributed by atoms with Crippen LogP contribution >= 0.6 is 0 Å². The average molecular weight is 412 g/mol. The van der Waals surface area contributed by atoms with Crippen LogP contribution in [0.3, 0.4) is 0 Å². The summed E-state index contributed by atoms with van der Waals surface area (Å²) >= 11 is 0. The summed E-state index contributed by atoms with van der Waals surface area (Å²) in [5, 5.41) is 0. The molecule has 2 aromatic rings. The van der Waals surface area contributed by atoms with E-state index in [1.54, 1.807) is 7.11 Å². The number of esters is 1. The van der Waals surface area contributed by atoms with Gasteiger partial charge in [-0.15, -0.1) is 0 Å². The van der Waals surface area contributed by atoms with Gasteiger partial charge in [0, 0.05) is 5.56 Å². The largest absolute Gasteiger partial charge is 0.497 e. The zero-order valence-corrected chi connectivity index (χ0v) is 18.8. The van der Waals surface area contributed by atoms with Crippen molar-refractivity contribution in [2.24, 2.45) is 17.8 Å². The molecule has 4 rings (SSSR count). The summed E-state index contributed by atoms with van der Waals surface area (Å²) in [6.07, 6.45) is 7.67. The first-order valence-electron chi connectivity index (χ1n) is 11.4. The number of methoxy groups -OCH3 is 1. The van der Waals surface area contributed by atoms with E-state index < -0.39 is 0 Å². The number of aromatic nitrogens is 2. The second-order valence-electron chi connectivity index (χ2n) is 9.40. The van der Waals surface area contributed by atoms with Crippen molar-refractivity contribution >= 4 is 5.97 Å². The van der Waals surface area contributed by atoms with Gasteiger partial charge in [-0.3, -0.25) is 0 Å². The number of ether oxygens (including phenoxy) is 2. The average Bonchev–Trinajstić information content (AvgIpc) is 3.32. The lowest BCUT2D eigenvalue weighted by molar-refractivity contribution is -0.692. The minimum atomic E-state index is -0.105. The molecule has 30 heavy (non-hydrogen) atoms. The third kappa shape index (κ3) is 4.26. The molecule has 1 aliphatic carbocycles. The van der Waals surface area contributed by atoms with E-state index in [9.17, 15) is 4.79 Å². The highest BCUT2D eigenvalue weighted by atomic mass is 16.5. The summed E-state index contributed by atoms with van der Waals surface area (Å²) in [5.41, 5.74) is 2.30. The number of fused-ring (bicyclic) bond motifs is 1. The molecular formula is C25H35N2O3+. The molecule has 5 heteroatoms. The predicted molar refractivity (Wildman–Crippen MR) is 116 cm³/mol. The predicted octanol–water partition coefficient (Wildman–Crippen LogP) is 4.40. The van der Waals surface area contributed by atoms with Gasteiger partial charge in [0.15, 0.2) is 12.2 Å². The number of hydrogen-bond acceptors (Lipinski definition) is 3. The van der Waals surface area contributed by atoms with E-state index in [0.29, 0.717) is 24.3 Å². The summed E-state index contributed by atoms with van der Waals surface area (Å²) in [4.78, 5) is 12.9. The fourth-order valence-corrected chi connectivity index (χ4v) is 5.23. The number of carbonyl (C=O) groups is 1. The molecule has 0 N–H and O–H groups in total. The minimum Gasteiger partial charge on any atom is -0.497 e. The Kier molecular flexibility index (Phi) is 6.16. The van der Waals surface area contributed by atoms with E-state index in [-0.39, 0.29) is 12.1 Å². The van der Waals surface area contributed by atoms with Crippen LogP contribution in [-0.2, 0) is 29.0 Å². The Labute approximate surface area is 180 Å². The minimum absolute atomic E-state index is 0.0542. The number of benzene rings is 1. The maximum Gasteiger partial charge on any atom is 0.348 e. The molecule has 2 aliphatic rings. The number of hydrogen-bond donors (Lipinski definition) is 0. The van der Waals surface area contributed by atoms with E-state index >= 15 is 0 Å². The lowest BCUT2D eigenvalue weighted by atomic mass is 9.75. The Morgan fingerprint density at radius 2 is 2.00 bits per heavy atom. The smallest absolute Gasteiger partial charge is 0.348 e. The van der Waals surface area contributed by atoms with Crippen molar-refractivity contribution < 1.29 is 18.8 Å². The molecule has 162 valence electrons. The van der Waals surface area contributed by atoms with Gasteiger partial charge in [0.25, 0.3) is 5.82 Å². The molecule has 3 unspecified atom stereocenters. The second-order valence-corrected chi connectivity index (χ2v) is 9.40. The van der Waals surface area contributed by atoms with Crippen molar-refractivity contribution in [2.45, 2.75) is 72.1 Å². The summed E-state index contributed by atoms with van der Waals surface area (Å²) in [5.74, 6) is 3.62. The van der Waals surface area contributed by atoms with E-state index in [2.05, 4.69) is 48.2 Å². The van der Waals surface area contributed by atoms with Gasteiger partial charge in [0.2, 0.25) is 0 Å². The van der Waals surface area contributed by atoms with Crippen LogP contribution in [0.15, 0.2) is 30.5 Å². The first-order chi connectivity index (χ1) is 14.5. The van der Waals surface area contributed by atoms with Crippen molar-refractivity contribution in [3.63, 3.8) is 0 Å². The van der Waals surface area contributed by atoms with Gasteiger partial charge in [-0.2, -0.15) is 0 Å². The van der Waals surface area contributed by atoms with Gasteiger partial charge in [-0.25, -0.2) is 13.9 Å². The maximum absolute atomic E-state index is 12.9. The summed E-state index contributed by atoms with van der Waals surface area (Å²) in [6, 6.07) is 8.14. The molecule has 2 heterocycles. The molecule has 1 saturated carbocycles. The molecular weight excluding hydrogens is 376 g/mol. The van der Waals surface area contributed by atoms with Gasteiger partial charge in [0.05, 0.1) is 20.1 Å². The van der Waals surface area contributed by atoms with Crippen molar-refractivity contribution in [1.82, 2.24) is 4.57 Å². The highest BCUT2D eigenvalue weighted by Crippen LogP contribution is 2.35. The molecule has 0 spiro atoms. The first kappa shape index (κ1) is 21.0. The topological polar surface area (TPSA) is 44.3 Å². The summed E-state index contributed by atoms with van der Waals surface area (Å²) < 4.78 is 15.8. The molecule has 1 aliphatic heterocycles. The van der Waals surface area contributed by atoms with Crippen LogP contribution in [-0.4, -0.2) is 23.8 Å². The highest BCUT2D eigenvalue weighted by molar-refractivity contribution is 5.68. The Balaban J connectivity index is 1.51. The van der Waals surface area contributed by atoms with Crippen LogP contribution in [0.25, 0.3) is 11.3 Å². The van der Waals surface area contributed by atoms with Gasteiger partial charge in [-0.05, 0) is 61.3 Å². The maximum atomic E-state index is 12.9. The molecule has 3 atom stereocenters. The van der Waals surface area contributed by atoms with Crippen molar-refractivity contribution in [3.8, 4) is 17.0 Å². The third-order valence-electron chi connectivity index (χ3n) is 6.92. The molecule has 1 aromatic heterocycles. The molecule has 0 saturated heterocycles. The summed E-state index contributed by atoms with van der Waals surface area (Å²) in [7, 11) is 1.68. The zero-order valence-electron chi connectivity index (χ0n) is 18.8. The fourth-order valence-electron chi connectivity index (χ4n) is 5.23. The summed E-state index contributed by atoms with van der Waals surface area (Å²) in [6.45, 7) is 8.06. The lowest BCUT2D eigenvalue weighted by Gasteiger charge is -2.36. The fraction of sp³-hybridized carbons (Fsp3) is 0.600. The molecule has 0 bridgehead atoms. The standard InChI is InChI=1S/C25H35N2O3/c1-17(2)21-12-7-18(3)14-23(21)30-25(28)16-26-15-22(27-13-5-6-24(26)27)19-8-10-20(29-4)11-9-19/h8-11,15,17-18,21,23H,5-7,12-14,16H2,1-4H3/q+1. The van der Waals surface area contributed by atoms with E-state index in [1.807, 2.05) is 12.1 Å². The molecule has 0 amide bonds. The van der Waals surface area contributed by atoms with E-state index in [4.69, 9.17) is 9.47 Å². The molecule has 1 aromatic carbocycles. The Hall–Kier alpha value is -2.30. The van der Waals surface area contributed by atoms with Crippen LogP contribution in [0.1, 0.15) is 52.3 Å². The van der Waals surface area contributed by atoms with Gasteiger partial charge < -0.3 is 9.47 Å². The number of carbonyl (C=O) groups excluding carboxylic acids is 1. The Morgan fingerprint density at radius 1 is 1.23 bits per heavy atom. The van der Waals surface area contributed by atoms with E-state index in [1.165, 1.54) is 12.2 Å². The second kappa shape index (κ2) is 8.83. The van der Waals surface area contributed by atoms with Crippen LogP contribution < -0.4 is 9.30 Å². The normalized spacial score (nSPS) is 23.4. The van der Waals surface area contributed by atoms with Crippen molar-refractivity contribution in [3.05, 3.63) is 36.3 Å². The van der Waals surface area contributed by atoms with Crippen molar-refractivity contribution in [2.75, 3.05) is 7.11 Å². The number of nitrogens with zero attached hydrogens (tertiary/aromatic N) is 2. The van der Waals surface area contributed by atoms with Crippen LogP contribution in [0.5, 0.6) is 5.75 Å². The zero-order chi connectivity index (χ0) is 21.3. The van der Waals surface area contributed by atoms with E-state index in [0.717, 1.165) is 49.2 Å². The highest BCUT2D eigenvalue weighted by Gasteiger charge is 2.35. The van der Waals surface area contributed by atoms with Crippen LogP contribution in [0.2, 0.25) is 0 Å². The van der Waals surface area contributed by atoms with Gasteiger partial charge in [-0.1, -0.05) is 27.2 Å². The molecule has 0 radical (unpaired) electrons. The SMILES string of the molecule is COc1ccc(-c2c[n+](CC(=O)OC3CC(C)CCC3C(C)C)c3n2CCC3)cc1. The van der Waals surface area contributed by atoms with Crippen LogP contribution in [0.4, 0.5) is 0 Å².